The fourth-order valence-corrected chi connectivity index (χ4v) is 1.37. The van der Waals surface area contributed by atoms with Crippen molar-refractivity contribution in [2.45, 2.75) is 0 Å². The molecule has 19 heavy (non-hydrogen) atoms. The minimum Gasteiger partial charge on any atom is -0.383 e. The first-order valence-corrected chi connectivity index (χ1v) is 6.03. The van der Waals surface area contributed by atoms with E-state index in [1.54, 1.807) is 19.2 Å². The molecular weight excluding hydrogens is 246 g/mol. The average Bonchev–Trinajstić information content (AvgIpc) is 2.40. The molecule has 6 heteroatoms. The number of carbonyl (C=O) groups is 2. The number of benzene rings is 1. The number of hydrogen-bond acceptors (Lipinski definition) is 4. The van der Waals surface area contributed by atoms with E-state index in [4.69, 9.17) is 4.74 Å². The van der Waals surface area contributed by atoms with Crippen LogP contribution in [0.4, 0.5) is 5.69 Å². The van der Waals surface area contributed by atoms with Crippen LogP contribution in [0, 0.1) is 0 Å². The van der Waals surface area contributed by atoms with Crippen molar-refractivity contribution in [2.75, 3.05) is 38.7 Å². The molecule has 0 aliphatic carbocycles. The maximum atomic E-state index is 11.5. The Morgan fingerprint density at radius 1 is 1.11 bits per heavy atom. The highest BCUT2D eigenvalue weighted by atomic mass is 16.5. The third kappa shape index (κ3) is 7.17. The highest BCUT2D eigenvalue weighted by Gasteiger charge is 2.04. The van der Waals surface area contributed by atoms with Gasteiger partial charge in [-0.25, -0.2) is 0 Å². The van der Waals surface area contributed by atoms with Gasteiger partial charge in [0, 0.05) is 19.3 Å². The quantitative estimate of drug-likeness (QED) is 0.577. The Kier molecular flexibility index (Phi) is 7.23. The monoisotopic (exact) mass is 265 g/mol. The second-order valence-electron chi connectivity index (χ2n) is 3.86. The number of amides is 2. The number of methoxy groups -OCH3 is 1. The normalized spacial score (nSPS) is 9.95. The molecule has 0 saturated carbocycles. The van der Waals surface area contributed by atoms with Crippen molar-refractivity contribution in [1.82, 2.24) is 10.6 Å². The van der Waals surface area contributed by atoms with Gasteiger partial charge in [0.2, 0.25) is 11.8 Å². The third-order valence-corrected chi connectivity index (χ3v) is 2.26. The summed E-state index contributed by atoms with van der Waals surface area (Å²) in [5.74, 6) is -0.347. The average molecular weight is 265 g/mol. The number of rotatable bonds is 8. The van der Waals surface area contributed by atoms with Gasteiger partial charge < -0.3 is 15.4 Å². The first kappa shape index (κ1) is 15.1. The summed E-state index contributed by atoms with van der Waals surface area (Å²) in [6, 6.07) is 9.15. The molecule has 0 spiro atoms. The molecule has 0 fully saturated rings. The van der Waals surface area contributed by atoms with Gasteiger partial charge in [-0.1, -0.05) is 18.2 Å². The highest BCUT2D eigenvalue weighted by Crippen LogP contribution is 2.03. The standard InChI is InChI=1S/C13H19N3O3/c1-19-8-7-15-12(17)9-14-10-13(18)16-11-5-3-2-4-6-11/h2-6,14H,7-10H2,1H3,(H,15,17)(H,16,18). The van der Waals surface area contributed by atoms with E-state index in [9.17, 15) is 9.59 Å². The zero-order valence-corrected chi connectivity index (χ0v) is 10.9. The lowest BCUT2D eigenvalue weighted by Gasteiger charge is -2.07. The molecule has 6 nitrogen and oxygen atoms in total. The Balaban J connectivity index is 2.12. The van der Waals surface area contributed by atoms with Crippen molar-refractivity contribution in [3.05, 3.63) is 30.3 Å². The van der Waals surface area contributed by atoms with Gasteiger partial charge >= 0.3 is 0 Å². The van der Waals surface area contributed by atoms with E-state index >= 15 is 0 Å². The number of nitrogens with one attached hydrogen (secondary N) is 3. The topological polar surface area (TPSA) is 79.5 Å². The lowest BCUT2D eigenvalue weighted by atomic mass is 10.3. The van der Waals surface area contributed by atoms with Gasteiger partial charge in [-0.05, 0) is 12.1 Å². The predicted molar refractivity (Wildman–Crippen MR) is 72.8 cm³/mol. The minimum absolute atomic E-state index is 0.0899. The summed E-state index contributed by atoms with van der Waals surface area (Å²) in [6.07, 6.45) is 0. The maximum absolute atomic E-state index is 11.5. The van der Waals surface area contributed by atoms with Gasteiger partial charge in [0.1, 0.15) is 0 Å². The van der Waals surface area contributed by atoms with Crippen LogP contribution in [0.15, 0.2) is 30.3 Å². The van der Waals surface area contributed by atoms with Crippen molar-refractivity contribution in [1.29, 1.82) is 0 Å². The largest absolute Gasteiger partial charge is 0.383 e. The first-order valence-electron chi connectivity index (χ1n) is 6.03. The minimum atomic E-state index is -0.184. The van der Waals surface area contributed by atoms with E-state index < -0.39 is 0 Å². The van der Waals surface area contributed by atoms with E-state index in [1.165, 1.54) is 0 Å². The molecule has 3 N–H and O–H groups in total. The molecule has 0 aromatic heterocycles. The van der Waals surface area contributed by atoms with E-state index in [2.05, 4.69) is 16.0 Å². The molecule has 0 heterocycles. The number of anilines is 1. The van der Waals surface area contributed by atoms with Crippen molar-refractivity contribution in [3.63, 3.8) is 0 Å². The lowest BCUT2D eigenvalue weighted by molar-refractivity contribution is -0.120. The summed E-state index contributed by atoms with van der Waals surface area (Å²) in [6.45, 7) is 1.13. The van der Waals surface area contributed by atoms with E-state index in [0.717, 1.165) is 5.69 Å². The van der Waals surface area contributed by atoms with E-state index in [-0.39, 0.29) is 24.9 Å². The second kappa shape index (κ2) is 9.07. The molecule has 1 aromatic rings. The number of ether oxygens (including phenoxy) is 1. The fraction of sp³-hybridized carbons (Fsp3) is 0.385. The fourth-order valence-electron chi connectivity index (χ4n) is 1.37. The van der Waals surface area contributed by atoms with Crippen molar-refractivity contribution in [3.8, 4) is 0 Å². The summed E-state index contributed by atoms with van der Waals surface area (Å²) < 4.78 is 4.80. The Morgan fingerprint density at radius 3 is 2.47 bits per heavy atom. The molecule has 0 bridgehead atoms. The first-order chi connectivity index (χ1) is 9.22. The molecule has 0 aliphatic heterocycles. The van der Waals surface area contributed by atoms with Gasteiger partial charge in [0.05, 0.1) is 19.7 Å². The van der Waals surface area contributed by atoms with Crippen molar-refractivity contribution >= 4 is 17.5 Å². The van der Waals surface area contributed by atoms with Gasteiger partial charge in [-0.2, -0.15) is 0 Å². The second-order valence-corrected chi connectivity index (χ2v) is 3.86. The predicted octanol–water partition coefficient (Wildman–Crippen LogP) is -0.0227. The summed E-state index contributed by atoms with van der Waals surface area (Å²) >= 11 is 0. The lowest BCUT2D eigenvalue weighted by Crippen LogP contribution is -2.38. The Labute approximate surface area is 112 Å². The molecule has 104 valence electrons. The van der Waals surface area contributed by atoms with Crippen LogP contribution in [0.5, 0.6) is 0 Å². The molecule has 2 amide bonds. The van der Waals surface area contributed by atoms with E-state index in [1.807, 2.05) is 18.2 Å². The van der Waals surface area contributed by atoms with Crippen LogP contribution in [0.1, 0.15) is 0 Å². The van der Waals surface area contributed by atoms with Crippen LogP contribution in [-0.2, 0) is 14.3 Å². The molecular formula is C13H19N3O3. The maximum Gasteiger partial charge on any atom is 0.238 e. The summed E-state index contributed by atoms with van der Waals surface area (Å²) in [7, 11) is 1.57. The molecule has 0 saturated heterocycles. The van der Waals surface area contributed by atoms with Crippen LogP contribution >= 0.6 is 0 Å². The zero-order valence-electron chi connectivity index (χ0n) is 10.9. The summed E-state index contributed by atoms with van der Waals surface area (Å²) in [5, 5.41) is 8.13. The van der Waals surface area contributed by atoms with Gasteiger partial charge in [-0.3, -0.25) is 14.9 Å². The molecule has 1 aromatic carbocycles. The third-order valence-electron chi connectivity index (χ3n) is 2.26. The van der Waals surface area contributed by atoms with Crippen LogP contribution in [0.2, 0.25) is 0 Å². The van der Waals surface area contributed by atoms with Gasteiger partial charge in [0.25, 0.3) is 0 Å². The SMILES string of the molecule is COCCNC(=O)CNCC(=O)Nc1ccccc1. The van der Waals surface area contributed by atoms with Gasteiger partial charge in [-0.15, -0.1) is 0 Å². The van der Waals surface area contributed by atoms with E-state index in [0.29, 0.717) is 13.2 Å². The van der Waals surface area contributed by atoms with Crippen molar-refractivity contribution in [2.24, 2.45) is 0 Å². The van der Waals surface area contributed by atoms with Crippen LogP contribution in [0.3, 0.4) is 0 Å². The van der Waals surface area contributed by atoms with Crippen LogP contribution < -0.4 is 16.0 Å². The smallest absolute Gasteiger partial charge is 0.238 e. The van der Waals surface area contributed by atoms with Crippen LogP contribution in [0.25, 0.3) is 0 Å². The number of para-hydroxylation sites is 1. The summed E-state index contributed by atoms with van der Waals surface area (Å²) in [4.78, 5) is 22.8. The zero-order chi connectivity index (χ0) is 13.9. The molecule has 0 radical (unpaired) electrons. The molecule has 1 rings (SSSR count). The van der Waals surface area contributed by atoms with Gasteiger partial charge in [0.15, 0.2) is 0 Å². The number of carbonyl (C=O) groups excluding carboxylic acids is 2. The number of hydrogen-bond donors (Lipinski definition) is 3. The van der Waals surface area contributed by atoms with Crippen molar-refractivity contribution < 1.29 is 14.3 Å². The Bertz CT molecular complexity index is 395. The Morgan fingerprint density at radius 2 is 1.79 bits per heavy atom. The Hall–Kier alpha value is -1.92. The molecule has 0 aliphatic rings. The highest BCUT2D eigenvalue weighted by molar-refractivity contribution is 5.92. The summed E-state index contributed by atoms with van der Waals surface area (Å²) in [5.41, 5.74) is 0.735. The van der Waals surface area contributed by atoms with Crippen LogP contribution in [-0.4, -0.2) is 45.2 Å². The molecule has 0 unspecified atom stereocenters. The molecule has 0 atom stereocenters.